The summed E-state index contributed by atoms with van der Waals surface area (Å²) in [4.78, 5) is 11.9. The Kier molecular flexibility index (Phi) is 5.43. The molecule has 2 aromatic carbocycles. The van der Waals surface area contributed by atoms with Crippen molar-refractivity contribution in [1.82, 2.24) is 0 Å². The van der Waals surface area contributed by atoms with E-state index in [4.69, 9.17) is 23.2 Å². The molecule has 4 heteroatoms. The maximum atomic E-state index is 11.9. The van der Waals surface area contributed by atoms with E-state index in [0.29, 0.717) is 15.6 Å². The van der Waals surface area contributed by atoms with Crippen LogP contribution < -0.4 is 5.32 Å². The predicted octanol–water partition coefficient (Wildman–Crippen LogP) is 5.21. The van der Waals surface area contributed by atoms with Crippen LogP contribution in [0.3, 0.4) is 0 Å². The van der Waals surface area contributed by atoms with Crippen LogP contribution in [0, 0.1) is 0 Å². The van der Waals surface area contributed by atoms with E-state index in [1.54, 1.807) is 24.3 Å². The smallest absolute Gasteiger partial charge is 0.248 e. The second-order valence-corrected chi connectivity index (χ2v) is 5.32. The minimum Gasteiger partial charge on any atom is -0.323 e. The molecule has 0 aliphatic heterocycles. The Balaban J connectivity index is 2.05. The van der Waals surface area contributed by atoms with Gasteiger partial charge in [0.1, 0.15) is 0 Å². The van der Waals surface area contributed by atoms with Gasteiger partial charge in [-0.05, 0) is 42.3 Å². The highest BCUT2D eigenvalue weighted by atomic mass is 35.5. The molecule has 0 atom stereocenters. The molecule has 1 N–H and O–H groups in total. The second kappa shape index (κ2) is 7.30. The fourth-order valence-corrected chi connectivity index (χ4v) is 2.36. The summed E-state index contributed by atoms with van der Waals surface area (Å²) in [5.41, 5.74) is 2.62. The number of rotatable bonds is 4. The van der Waals surface area contributed by atoms with E-state index in [9.17, 15) is 4.79 Å². The molecule has 0 spiro atoms. The number of nitrogens with one attached hydrogen (secondary N) is 1. The van der Waals surface area contributed by atoms with Crippen LogP contribution in [0.5, 0.6) is 0 Å². The number of amides is 1. The standard InChI is InChI=1S/C17H15Cl2NO/c1-2-12-6-8-13(9-7-12)20-17(21)11-10-14-15(18)4-3-5-16(14)19/h3-11H,2H2,1H3,(H,20,21). The number of anilines is 1. The minimum absolute atomic E-state index is 0.227. The van der Waals surface area contributed by atoms with E-state index >= 15 is 0 Å². The summed E-state index contributed by atoms with van der Waals surface area (Å²) in [6, 6.07) is 13.0. The van der Waals surface area contributed by atoms with Crippen LogP contribution in [-0.4, -0.2) is 5.91 Å². The lowest BCUT2D eigenvalue weighted by Crippen LogP contribution is -2.07. The van der Waals surface area contributed by atoms with Gasteiger partial charge in [-0.2, -0.15) is 0 Å². The Bertz CT molecular complexity index is 643. The molecule has 0 saturated heterocycles. The second-order valence-electron chi connectivity index (χ2n) is 4.51. The largest absolute Gasteiger partial charge is 0.323 e. The first-order chi connectivity index (χ1) is 10.1. The van der Waals surface area contributed by atoms with Crippen LogP contribution >= 0.6 is 23.2 Å². The van der Waals surface area contributed by atoms with E-state index in [0.717, 1.165) is 12.1 Å². The van der Waals surface area contributed by atoms with E-state index < -0.39 is 0 Å². The van der Waals surface area contributed by atoms with Crippen molar-refractivity contribution in [3.05, 3.63) is 69.7 Å². The quantitative estimate of drug-likeness (QED) is 0.770. The van der Waals surface area contributed by atoms with E-state index in [-0.39, 0.29) is 5.91 Å². The molecule has 2 aromatic rings. The first kappa shape index (κ1) is 15.6. The third-order valence-corrected chi connectivity index (χ3v) is 3.69. The topological polar surface area (TPSA) is 29.1 Å². The van der Waals surface area contributed by atoms with Crippen molar-refractivity contribution in [2.45, 2.75) is 13.3 Å². The van der Waals surface area contributed by atoms with Crippen LogP contribution in [0.1, 0.15) is 18.1 Å². The van der Waals surface area contributed by atoms with Gasteiger partial charge in [0.05, 0.1) is 0 Å². The summed E-state index contributed by atoms with van der Waals surface area (Å²) in [6.07, 6.45) is 4.00. The summed E-state index contributed by atoms with van der Waals surface area (Å²) < 4.78 is 0. The zero-order valence-electron chi connectivity index (χ0n) is 11.6. The van der Waals surface area contributed by atoms with Crippen molar-refractivity contribution in [1.29, 1.82) is 0 Å². The van der Waals surface area contributed by atoms with Crippen molar-refractivity contribution in [3.63, 3.8) is 0 Å². The number of carbonyl (C=O) groups is 1. The van der Waals surface area contributed by atoms with Crippen molar-refractivity contribution >= 4 is 40.9 Å². The van der Waals surface area contributed by atoms with Crippen LogP contribution in [0.15, 0.2) is 48.5 Å². The van der Waals surface area contributed by atoms with E-state index in [1.165, 1.54) is 11.6 Å². The SMILES string of the molecule is CCc1ccc(NC(=O)C=Cc2c(Cl)cccc2Cl)cc1. The highest BCUT2D eigenvalue weighted by Crippen LogP contribution is 2.25. The lowest BCUT2D eigenvalue weighted by molar-refractivity contribution is -0.111. The molecule has 0 heterocycles. The number of aryl methyl sites for hydroxylation is 1. The monoisotopic (exact) mass is 319 g/mol. The maximum Gasteiger partial charge on any atom is 0.248 e. The van der Waals surface area contributed by atoms with Gasteiger partial charge < -0.3 is 5.32 Å². The van der Waals surface area contributed by atoms with Gasteiger partial charge in [-0.15, -0.1) is 0 Å². The predicted molar refractivity (Wildman–Crippen MR) is 89.9 cm³/mol. The Morgan fingerprint density at radius 1 is 1.10 bits per heavy atom. The highest BCUT2D eigenvalue weighted by Gasteiger charge is 2.03. The van der Waals surface area contributed by atoms with Crippen LogP contribution in [0.4, 0.5) is 5.69 Å². The molecule has 2 nitrogen and oxygen atoms in total. The molecule has 0 aromatic heterocycles. The van der Waals surface area contributed by atoms with Gasteiger partial charge in [-0.25, -0.2) is 0 Å². The highest BCUT2D eigenvalue weighted by molar-refractivity contribution is 6.37. The molecule has 0 bridgehead atoms. The van der Waals surface area contributed by atoms with Gasteiger partial charge in [-0.3, -0.25) is 4.79 Å². The molecule has 1 amide bonds. The summed E-state index contributed by atoms with van der Waals surface area (Å²) >= 11 is 12.1. The first-order valence-electron chi connectivity index (χ1n) is 6.62. The van der Waals surface area contributed by atoms with Crippen molar-refractivity contribution in [2.75, 3.05) is 5.32 Å². The van der Waals surface area contributed by atoms with Crippen molar-refractivity contribution in [2.24, 2.45) is 0 Å². The van der Waals surface area contributed by atoms with Gasteiger partial charge >= 0.3 is 0 Å². The molecular weight excluding hydrogens is 305 g/mol. The normalized spacial score (nSPS) is 10.8. The van der Waals surface area contributed by atoms with Crippen molar-refractivity contribution < 1.29 is 4.79 Å². The van der Waals surface area contributed by atoms with Crippen LogP contribution in [0.2, 0.25) is 10.0 Å². The van der Waals surface area contributed by atoms with Crippen molar-refractivity contribution in [3.8, 4) is 0 Å². The lowest BCUT2D eigenvalue weighted by atomic mass is 10.1. The molecule has 0 saturated carbocycles. The maximum absolute atomic E-state index is 11.9. The zero-order chi connectivity index (χ0) is 15.2. The number of hydrogen-bond acceptors (Lipinski definition) is 1. The minimum atomic E-state index is -0.227. The van der Waals surface area contributed by atoms with Gasteiger partial charge in [0, 0.05) is 27.4 Å². The van der Waals surface area contributed by atoms with Gasteiger partial charge in [-0.1, -0.05) is 48.3 Å². The summed E-state index contributed by atoms with van der Waals surface area (Å²) in [5.74, 6) is -0.227. The van der Waals surface area contributed by atoms with Gasteiger partial charge in [0.25, 0.3) is 0 Å². The molecule has 0 aliphatic rings. The molecule has 0 unspecified atom stereocenters. The summed E-state index contributed by atoms with van der Waals surface area (Å²) in [6.45, 7) is 2.09. The van der Waals surface area contributed by atoms with Crippen LogP contribution in [-0.2, 0) is 11.2 Å². The Hall–Kier alpha value is -1.77. The molecular formula is C17H15Cl2NO. The molecule has 2 rings (SSSR count). The van der Waals surface area contributed by atoms with Gasteiger partial charge in [0.2, 0.25) is 5.91 Å². The van der Waals surface area contributed by atoms with E-state index in [2.05, 4.69) is 12.2 Å². The summed E-state index contributed by atoms with van der Waals surface area (Å²) in [5, 5.41) is 3.82. The summed E-state index contributed by atoms with van der Waals surface area (Å²) in [7, 11) is 0. The van der Waals surface area contributed by atoms with Crippen LogP contribution in [0.25, 0.3) is 6.08 Å². The molecule has 21 heavy (non-hydrogen) atoms. The fraction of sp³-hybridized carbons (Fsp3) is 0.118. The fourth-order valence-electron chi connectivity index (χ4n) is 1.84. The van der Waals surface area contributed by atoms with E-state index in [1.807, 2.05) is 24.3 Å². The Morgan fingerprint density at radius 2 is 1.71 bits per heavy atom. The average Bonchev–Trinajstić information content (AvgIpc) is 2.47. The third-order valence-electron chi connectivity index (χ3n) is 3.03. The van der Waals surface area contributed by atoms with Gasteiger partial charge in [0.15, 0.2) is 0 Å². The molecule has 0 radical (unpaired) electrons. The Morgan fingerprint density at radius 3 is 2.29 bits per heavy atom. The average molecular weight is 320 g/mol. The number of hydrogen-bond donors (Lipinski definition) is 1. The molecule has 108 valence electrons. The zero-order valence-corrected chi connectivity index (χ0v) is 13.1. The number of halogens is 2. The lowest BCUT2D eigenvalue weighted by Gasteiger charge is -2.04. The number of carbonyl (C=O) groups excluding carboxylic acids is 1. The molecule has 0 fully saturated rings. The third kappa shape index (κ3) is 4.35. The Labute approximate surface area is 134 Å². The number of benzene rings is 2. The first-order valence-corrected chi connectivity index (χ1v) is 7.37. The molecule has 0 aliphatic carbocycles.